The first kappa shape index (κ1) is 13.2. The molecule has 18 heavy (non-hydrogen) atoms. The fourth-order valence-corrected chi connectivity index (χ4v) is 2.00. The number of halogens is 2. The van der Waals surface area contributed by atoms with Gasteiger partial charge in [0, 0.05) is 12.2 Å². The van der Waals surface area contributed by atoms with Crippen LogP contribution in [-0.2, 0) is 13.2 Å². The molecule has 0 amide bonds. The second kappa shape index (κ2) is 6.10. The van der Waals surface area contributed by atoms with Crippen LogP contribution in [0.3, 0.4) is 0 Å². The number of anilines is 1. The Kier molecular flexibility index (Phi) is 4.48. The molecule has 0 fully saturated rings. The average Bonchev–Trinajstić information content (AvgIpc) is 2.41. The molecule has 2 aromatic carbocycles. The molecule has 2 N–H and O–H groups in total. The topological polar surface area (TPSA) is 32.3 Å². The molecule has 0 aromatic heterocycles. The van der Waals surface area contributed by atoms with Gasteiger partial charge < -0.3 is 10.4 Å². The van der Waals surface area contributed by atoms with Crippen molar-refractivity contribution in [3.8, 4) is 0 Å². The summed E-state index contributed by atoms with van der Waals surface area (Å²) in [4.78, 5) is 0. The Morgan fingerprint density at radius 1 is 1.00 bits per heavy atom. The van der Waals surface area contributed by atoms with Gasteiger partial charge in [-0.2, -0.15) is 0 Å². The number of nitrogens with one attached hydrogen (secondary N) is 1. The van der Waals surface area contributed by atoms with Gasteiger partial charge in [0.15, 0.2) is 0 Å². The van der Waals surface area contributed by atoms with Crippen LogP contribution in [-0.4, -0.2) is 5.11 Å². The van der Waals surface area contributed by atoms with Crippen molar-refractivity contribution in [2.75, 3.05) is 5.32 Å². The van der Waals surface area contributed by atoms with Crippen molar-refractivity contribution >= 4 is 28.9 Å². The monoisotopic (exact) mass is 281 g/mol. The molecular formula is C14H13Cl2NO. The van der Waals surface area contributed by atoms with Crippen molar-refractivity contribution in [1.29, 1.82) is 0 Å². The van der Waals surface area contributed by atoms with E-state index in [2.05, 4.69) is 5.32 Å². The molecule has 94 valence electrons. The standard InChI is InChI=1S/C14H13Cl2NO/c15-13-3-1-2-11(14(13)16)8-17-12-6-4-10(9-18)5-7-12/h1-7,17-18H,8-9H2. The van der Waals surface area contributed by atoms with Gasteiger partial charge in [0.25, 0.3) is 0 Å². The fourth-order valence-electron chi connectivity index (χ4n) is 1.61. The predicted octanol–water partition coefficient (Wildman–Crippen LogP) is 4.10. The zero-order chi connectivity index (χ0) is 13.0. The van der Waals surface area contributed by atoms with Crippen LogP contribution in [0.25, 0.3) is 0 Å². The van der Waals surface area contributed by atoms with E-state index >= 15 is 0 Å². The second-order valence-electron chi connectivity index (χ2n) is 3.92. The third kappa shape index (κ3) is 3.16. The van der Waals surface area contributed by atoms with Gasteiger partial charge in [0.05, 0.1) is 16.7 Å². The summed E-state index contributed by atoms with van der Waals surface area (Å²) < 4.78 is 0. The first-order valence-corrected chi connectivity index (χ1v) is 6.33. The molecule has 0 bridgehead atoms. The number of hydrogen-bond acceptors (Lipinski definition) is 2. The molecule has 0 spiro atoms. The van der Waals surface area contributed by atoms with E-state index in [9.17, 15) is 0 Å². The van der Waals surface area contributed by atoms with Gasteiger partial charge in [-0.3, -0.25) is 0 Å². The van der Waals surface area contributed by atoms with E-state index in [4.69, 9.17) is 28.3 Å². The van der Waals surface area contributed by atoms with Crippen molar-refractivity contribution in [2.45, 2.75) is 13.2 Å². The molecule has 0 saturated carbocycles. The highest BCUT2D eigenvalue weighted by atomic mass is 35.5. The Labute approximate surface area is 116 Å². The Balaban J connectivity index is 2.04. The first-order chi connectivity index (χ1) is 8.70. The molecule has 2 rings (SSSR count). The predicted molar refractivity (Wildman–Crippen MR) is 76.2 cm³/mol. The lowest BCUT2D eigenvalue weighted by Crippen LogP contribution is -2.00. The van der Waals surface area contributed by atoms with Crippen LogP contribution in [0, 0.1) is 0 Å². The van der Waals surface area contributed by atoms with Gasteiger partial charge in [-0.1, -0.05) is 47.5 Å². The first-order valence-electron chi connectivity index (χ1n) is 5.57. The van der Waals surface area contributed by atoms with E-state index in [1.54, 1.807) is 6.07 Å². The average molecular weight is 282 g/mol. The Hall–Kier alpha value is -1.22. The normalized spacial score (nSPS) is 10.4. The number of aliphatic hydroxyl groups is 1. The number of aliphatic hydroxyl groups excluding tert-OH is 1. The maximum atomic E-state index is 8.95. The Morgan fingerprint density at radius 3 is 2.39 bits per heavy atom. The van der Waals surface area contributed by atoms with E-state index in [0.717, 1.165) is 16.8 Å². The fraction of sp³-hybridized carbons (Fsp3) is 0.143. The summed E-state index contributed by atoms with van der Waals surface area (Å²) in [7, 11) is 0. The molecule has 0 aliphatic carbocycles. The molecule has 0 heterocycles. The van der Waals surface area contributed by atoms with E-state index in [1.165, 1.54) is 0 Å². The molecule has 0 aliphatic heterocycles. The van der Waals surface area contributed by atoms with Gasteiger partial charge in [0.1, 0.15) is 0 Å². The summed E-state index contributed by atoms with van der Waals surface area (Å²) in [6, 6.07) is 13.2. The van der Waals surface area contributed by atoms with Gasteiger partial charge in [-0.05, 0) is 29.3 Å². The van der Waals surface area contributed by atoms with Crippen molar-refractivity contribution in [1.82, 2.24) is 0 Å². The summed E-state index contributed by atoms with van der Waals surface area (Å²) in [5.74, 6) is 0. The third-order valence-corrected chi connectivity index (χ3v) is 3.51. The van der Waals surface area contributed by atoms with Gasteiger partial charge in [0.2, 0.25) is 0 Å². The van der Waals surface area contributed by atoms with Crippen LogP contribution >= 0.6 is 23.2 Å². The number of hydrogen-bond donors (Lipinski definition) is 2. The van der Waals surface area contributed by atoms with Gasteiger partial charge >= 0.3 is 0 Å². The molecule has 0 saturated heterocycles. The van der Waals surface area contributed by atoms with E-state index in [-0.39, 0.29) is 6.61 Å². The van der Waals surface area contributed by atoms with Crippen molar-refractivity contribution in [3.05, 3.63) is 63.6 Å². The smallest absolute Gasteiger partial charge is 0.0681 e. The summed E-state index contributed by atoms with van der Waals surface area (Å²) >= 11 is 12.0. The molecular weight excluding hydrogens is 269 g/mol. The van der Waals surface area contributed by atoms with Crippen molar-refractivity contribution in [2.24, 2.45) is 0 Å². The Bertz CT molecular complexity index is 526. The van der Waals surface area contributed by atoms with E-state index in [0.29, 0.717) is 16.6 Å². The molecule has 0 aliphatic rings. The lowest BCUT2D eigenvalue weighted by Gasteiger charge is -2.09. The van der Waals surface area contributed by atoms with Crippen molar-refractivity contribution in [3.63, 3.8) is 0 Å². The molecule has 2 aromatic rings. The maximum absolute atomic E-state index is 8.95. The summed E-state index contributed by atoms with van der Waals surface area (Å²) in [6.45, 7) is 0.665. The number of benzene rings is 2. The largest absolute Gasteiger partial charge is 0.392 e. The quantitative estimate of drug-likeness (QED) is 0.885. The van der Waals surface area contributed by atoms with Crippen LogP contribution in [0.15, 0.2) is 42.5 Å². The molecule has 4 heteroatoms. The SMILES string of the molecule is OCc1ccc(NCc2cccc(Cl)c2Cl)cc1. The molecule has 0 unspecified atom stereocenters. The third-order valence-electron chi connectivity index (χ3n) is 2.65. The van der Waals surface area contributed by atoms with Crippen LogP contribution in [0.5, 0.6) is 0 Å². The van der Waals surface area contributed by atoms with Gasteiger partial charge in [-0.15, -0.1) is 0 Å². The number of rotatable bonds is 4. The van der Waals surface area contributed by atoms with Crippen molar-refractivity contribution < 1.29 is 5.11 Å². The maximum Gasteiger partial charge on any atom is 0.0681 e. The molecule has 2 nitrogen and oxygen atoms in total. The van der Waals surface area contributed by atoms with E-state index in [1.807, 2.05) is 36.4 Å². The van der Waals surface area contributed by atoms with Crippen LogP contribution in [0.2, 0.25) is 10.0 Å². The zero-order valence-electron chi connectivity index (χ0n) is 9.66. The highest BCUT2D eigenvalue weighted by Crippen LogP contribution is 2.26. The lowest BCUT2D eigenvalue weighted by molar-refractivity contribution is 0.282. The minimum Gasteiger partial charge on any atom is -0.392 e. The van der Waals surface area contributed by atoms with Crippen LogP contribution < -0.4 is 5.32 Å². The van der Waals surface area contributed by atoms with Crippen LogP contribution in [0.1, 0.15) is 11.1 Å². The molecule has 0 radical (unpaired) electrons. The van der Waals surface area contributed by atoms with E-state index < -0.39 is 0 Å². The highest BCUT2D eigenvalue weighted by Gasteiger charge is 2.03. The van der Waals surface area contributed by atoms with Crippen LogP contribution in [0.4, 0.5) is 5.69 Å². The minimum atomic E-state index is 0.0560. The molecule has 0 atom stereocenters. The zero-order valence-corrected chi connectivity index (χ0v) is 11.2. The van der Waals surface area contributed by atoms with Gasteiger partial charge in [-0.25, -0.2) is 0 Å². The lowest BCUT2D eigenvalue weighted by atomic mass is 10.2. The minimum absolute atomic E-state index is 0.0560. The second-order valence-corrected chi connectivity index (χ2v) is 4.71. The Morgan fingerprint density at radius 2 is 1.72 bits per heavy atom. The highest BCUT2D eigenvalue weighted by molar-refractivity contribution is 6.42. The summed E-state index contributed by atoms with van der Waals surface area (Å²) in [5.41, 5.74) is 2.82. The summed E-state index contributed by atoms with van der Waals surface area (Å²) in [5, 5.41) is 13.4. The summed E-state index contributed by atoms with van der Waals surface area (Å²) in [6.07, 6.45) is 0.